The third-order valence-corrected chi connectivity index (χ3v) is 3.16. The standard InChI is InChI=1S/C11H24N.BF4/c1-3-8-12(9-4-2)10-6-5-7-11-12;2-1(3,4)5/h3-11H2,1-2H3;/q+1;-1. The molecule has 0 bridgehead atoms. The number of hydrogen-bond acceptors (Lipinski definition) is 0. The van der Waals surface area contributed by atoms with Crippen LogP contribution in [0.4, 0.5) is 17.3 Å². The lowest BCUT2D eigenvalue weighted by atomic mass is 10.1. The summed E-state index contributed by atoms with van der Waals surface area (Å²) in [6.07, 6.45) is 7.15. The Kier molecular flexibility index (Phi) is 7.83. The smallest absolute Gasteiger partial charge is 0.418 e. The van der Waals surface area contributed by atoms with Crippen molar-refractivity contribution < 1.29 is 21.7 Å². The molecule has 0 atom stereocenters. The number of nitrogens with zero attached hydrogens (tertiary/aromatic N) is 1. The Bertz CT molecular complexity index is 169. The predicted molar refractivity (Wildman–Crippen MR) is 64.3 cm³/mol. The van der Waals surface area contributed by atoms with Gasteiger partial charge in [0.25, 0.3) is 0 Å². The van der Waals surface area contributed by atoms with E-state index in [0.29, 0.717) is 0 Å². The summed E-state index contributed by atoms with van der Waals surface area (Å²) < 4.78 is 40.4. The van der Waals surface area contributed by atoms with Gasteiger partial charge >= 0.3 is 7.25 Å². The van der Waals surface area contributed by atoms with Crippen molar-refractivity contribution in [2.24, 2.45) is 0 Å². The molecule has 0 N–H and O–H groups in total. The van der Waals surface area contributed by atoms with Crippen LogP contribution in [0.15, 0.2) is 0 Å². The van der Waals surface area contributed by atoms with Crippen LogP contribution in [-0.4, -0.2) is 37.9 Å². The molecule has 0 spiro atoms. The van der Waals surface area contributed by atoms with Crippen molar-refractivity contribution in [3.63, 3.8) is 0 Å². The van der Waals surface area contributed by atoms with Crippen LogP contribution in [-0.2, 0) is 0 Å². The van der Waals surface area contributed by atoms with E-state index < -0.39 is 7.25 Å². The summed E-state index contributed by atoms with van der Waals surface area (Å²) in [6, 6.07) is 0. The highest BCUT2D eigenvalue weighted by Crippen LogP contribution is 2.19. The molecule has 1 aliphatic rings. The topological polar surface area (TPSA) is 0 Å². The third-order valence-electron chi connectivity index (χ3n) is 3.16. The molecule has 0 aromatic rings. The van der Waals surface area contributed by atoms with Gasteiger partial charge < -0.3 is 21.7 Å². The Morgan fingerprint density at radius 3 is 1.47 bits per heavy atom. The molecule has 0 saturated carbocycles. The molecular formula is C11H24BF4N. The lowest BCUT2D eigenvalue weighted by Crippen LogP contribution is -2.52. The van der Waals surface area contributed by atoms with Gasteiger partial charge in [0.05, 0.1) is 26.2 Å². The first kappa shape index (κ1) is 16.7. The molecule has 0 aliphatic carbocycles. The van der Waals surface area contributed by atoms with Crippen LogP contribution in [0.1, 0.15) is 46.0 Å². The van der Waals surface area contributed by atoms with Gasteiger partial charge in [-0.3, -0.25) is 0 Å². The molecule has 1 heterocycles. The summed E-state index contributed by atoms with van der Waals surface area (Å²) in [5, 5.41) is 0. The number of likely N-dealkylation sites (tertiary alicyclic amines) is 1. The van der Waals surface area contributed by atoms with Gasteiger partial charge in [0.1, 0.15) is 0 Å². The maximum Gasteiger partial charge on any atom is 0.673 e. The molecule has 1 rings (SSSR count). The highest BCUT2D eigenvalue weighted by atomic mass is 19.5. The fraction of sp³-hybridized carbons (Fsp3) is 1.00. The van der Waals surface area contributed by atoms with Crippen LogP contribution in [0.2, 0.25) is 0 Å². The zero-order valence-electron chi connectivity index (χ0n) is 10.9. The highest BCUT2D eigenvalue weighted by molar-refractivity contribution is 6.50. The third kappa shape index (κ3) is 9.45. The molecule has 17 heavy (non-hydrogen) atoms. The molecule has 104 valence electrons. The maximum atomic E-state index is 9.75. The number of piperidine rings is 1. The van der Waals surface area contributed by atoms with Crippen molar-refractivity contribution in [3.8, 4) is 0 Å². The van der Waals surface area contributed by atoms with E-state index in [1.54, 1.807) is 0 Å². The molecular weight excluding hydrogens is 233 g/mol. The SMILES string of the molecule is CCC[N+]1(CCC)CCCCC1.F[B-](F)(F)F. The molecule has 0 unspecified atom stereocenters. The van der Waals surface area contributed by atoms with E-state index in [4.69, 9.17) is 0 Å². The summed E-state index contributed by atoms with van der Waals surface area (Å²) in [5.74, 6) is 0. The summed E-state index contributed by atoms with van der Waals surface area (Å²) in [5.41, 5.74) is 0. The molecule has 0 aromatic heterocycles. The van der Waals surface area contributed by atoms with Crippen molar-refractivity contribution in [2.45, 2.75) is 46.0 Å². The molecule has 0 radical (unpaired) electrons. The fourth-order valence-electron chi connectivity index (χ4n) is 2.69. The quantitative estimate of drug-likeness (QED) is 0.404. The molecule has 6 heteroatoms. The van der Waals surface area contributed by atoms with Gasteiger partial charge in [-0.25, -0.2) is 0 Å². The van der Waals surface area contributed by atoms with Crippen LogP contribution in [0, 0.1) is 0 Å². The average Bonchev–Trinajstić information content (AvgIpc) is 2.17. The van der Waals surface area contributed by atoms with E-state index in [2.05, 4.69) is 13.8 Å². The van der Waals surface area contributed by atoms with Crippen LogP contribution >= 0.6 is 0 Å². The lowest BCUT2D eigenvalue weighted by molar-refractivity contribution is -0.932. The second-order valence-electron chi connectivity index (χ2n) is 4.79. The summed E-state index contributed by atoms with van der Waals surface area (Å²) in [6.45, 7) is 10.4. The van der Waals surface area contributed by atoms with E-state index in [0.717, 1.165) is 0 Å². The van der Waals surface area contributed by atoms with Gasteiger partial charge in [0, 0.05) is 0 Å². The Morgan fingerprint density at radius 2 is 1.18 bits per heavy atom. The van der Waals surface area contributed by atoms with Crippen LogP contribution in [0.3, 0.4) is 0 Å². The first-order valence-electron chi connectivity index (χ1n) is 6.55. The summed E-state index contributed by atoms with van der Waals surface area (Å²) in [7, 11) is -6.00. The molecule has 0 amide bonds. The van der Waals surface area contributed by atoms with E-state index in [-0.39, 0.29) is 0 Å². The van der Waals surface area contributed by atoms with E-state index >= 15 is 0 Å². The van der Waals surface area contributed by atoms with Crippen LogP contribution in [0.25, 0.3) is 0 Å². The second-order valence-corrected chi connectivity index (χ2v) is 4.79. The maximum absolute atomic E-state index is 9.75. The first-order chi connectivity index (χ1) is 7.83. The molecule has 1 aliphatic heterocycles. The zero-order valence-corrected chi connectivity index (χ0v) is 10.9. The molecule has 1 saturated heterocycles. The molecule has 1 fully saturated rings. The van der Waals surface area contributed by atoms with Gasteiger partial charge in [-0.2, -0.15) is 0 Å². The number of quaternary nitrogens is 1. The molecule has 1 nitrogen and oxygen atoms in total. The van der Waals surface area contributed by atoms with Gasteiger partial charge in [0.15, 0.2) is 0 Å². The van der Waals surface area contributed by atoms with Crippen molar-refractivity contribution in [1.82, 2.24) is 0 Å². The minimum Gasteiger partial charge on any atom is -0.418 e. The Hall–Kier alpha value is -0.255. The minimum atomic E-state index is -6.00. The fourth-order valence-corrected chi connectivity index (χ4v) is 2.69. The molecule has 0 aromatic carbocycles. The van der Waals surface area contributed by atoms with Gasteiger partial charge in [-0.05, 0) is 32.1 Å². The number of halogens is 4. The van der Waals surface area contributed by atoms with Gasteiger partial charge in [-0.1, -0.05) is 13.8 Å². The number of rotatable bonds is 4. The Morgan fingerprint density at radius 1 is 0.824 bits per heavy atom. The van der Waals surface area contributed by atoms with Crippen molar-refractivity contribution in [2.75, 3.05) is 26.2 Å². The van der Waals surface area contributed by atoms with Gasteiger partial charge in [0.2, 0.25) is 0 Å². The van der Waals surface area contributed by atoms with E-state index in [1.807, 2.05) is 0 Å². The Labute approximate surface area is 102 Å². The predicted octanol–water partition coefficient (Wildman–Crippen LogP) is 4.11. The monoisotopic (exact) mass is 257 g/mol. The highest BCUT2D eigenvalue weighted by Gasteiger charge is 2.27. The van der Waals surface area contributed by atoms with Crippen molar-refractivity contribution in [3.05, 3.63) is 0 Å². The average molecular weight is 257 g/mol. The largest absolute Gasteiger partial charge is 0.673 e. The van der Waals surface area contributed by atoms with E-state index in [1.165, 1.54) is 62.8 Å². The van der Waals surface area contributed by atoms with Crippen molar-refractivity contribution >= 4 is 7.25 Å². The lowest BCUT2D eigenvalue weighted by Gasteiger charge is -2.41. The normalized spacial score (nSPS) is 19.4. The van der Waals surface area contributed by atoms with Crippen LogP contribution < -0.4 is 0 Å². The van der Waals surface area contributed by atoms with Crippen molar-refractivity contribution in [1.29, 1.82) is 0 Å². The Balaban J connectivity index is 0.000000437. The number of hydrogen-bond donors (Lipinski definition) is 0. The summed E-state index contributed by atoms with van der Waals surface area (Å²) >= 11 is 0. The van der Waals surface area contributed by atoms with Crippen LogP contribution in [0.5, 0.6) is 0 Å². The first-order valence-corrected chi connectivity index (χ1v) is 6.55. The minimum absolute atomic E-state index is 1.36. The zero-order chi connectivity index (χ0) is 13.4. The van der Waals surface area contributed by atoms with Gasteiger partial charge in [-0.15, -0.1) is 0 Å². The summed E-state index contributed by atoms with van der Waals surface area (Å²) in [4.78, 5) is 0. The second kappa shape index (κ2) is 7.95. The van der Waals surface area contributed by atoms with E-state index in [9.17, 15) is 17.3 Å².